The van der Waals surface area contributed by atoms with E-state index in [1.165, 1.54) is 19.3 Å². The van der Waals surface area contributed by atoms with E-state index in [9.17, 15) is 0 Å². The SMILES string of the molecule is C/C=C(\C)C12CC3CC(CC(C3)C1)C2. The predicted octanol–water partition coefficient (Wildman–Crippen LogP) is 4.17. The Labute approximate surface area is 87.8 Å². The van der Waals surface area contributed by atoms with Crippen LogP contribution in [-0.2, 0) is 0 Å². The van der Waals surface area contributed by atoms with Crippen molar-refractivity contribution in [1.82, 2.24) is 0 Å². The van der Waals surface area contributed by atoms with Crippen LogP contribution in [0, 0.1) is 23.2 Å². The molecule has 4 saturated carbocycles. The minimum Gasteiger partial charge on any atom is -0.0882 e. The zero-order valence-corrected chi connectivity index (χ0v) is 9.55. The number of hydrogen-bond acceptors (Lipinski definition) is 0. The van der Waals surface area contributed by atoms with Gasteiger partial charge in [-0.2, -0.15) is 0 Å². The molecular weight excluding hydrogens is 168 g/mol. The molecule has 0 amide bonds. The van der Waals surface area contributed by atoms with E-state index in [2.05, 4.69) is 19.9 Å². The lowest BCUT2D eigenvalue weighted by atomic mass is 9.48. The molecule has 0 atom stereocenters. The zero-order chi connectivity index (χ0) is 9.76. The van der Waals surface area contributed by atoms with Gasteiger partial charge in [0.15, 0.2) is 0 Å². The van der Waals surface area contributed by atoms with Gasteiger partial charge in [-0.15, -0.1) is 0 Å². The van der Waals surface area contributed by atoms with E-state index in [1.54, 1.807) is 24.8 Å². The van der Waals surface area contributed by atoms with E-state index in [-0.39, 0.29) is 0 Å². The van der Waals surface area contributed by atoms with Crippen LogP contribution in [0.15, 0.2) is 11.6 Å². The molecule has 0 radical (unpaired) electrons. The van der Waals surface area contributed by atoms with Crippen molar-refractivity contribution >= 4 is 0 Å². The number of rotatable bonds is 1. The van der Waals surface area contributed by atoms with Gasteiger partial charge in [-0.3, -0.25) is 0 Å². The van der Waals surface area contributed by atoms with Crippen molar-refractivity contribution in [1.29, 1.82) is 0 Å². The van der Waals surface area contributed by atoms with Crippen LogP contribution in [-0.4, -0.2) is 0 Å². The fraction of sp³-hybridized carbons (Fsp3) is 0.857. The molecule has 78 valence electrons. The van der Waals surface area contributed by atoms with Gasteiger partial charge in [0.25, 0.3) is 0 Å². The highest BCUT2D eigenvalue weighted by molar-refractivity contribution is 5.18. The average molecular weight is 190 g/mol. The molecule has 0 heterocycles. The largest absolute Gasteiger partial charge is 0.0882 e. The second kappa shape index (κ2) is 2.87. The van der Waals surface area contributed by atoms with Crippen LogP contribution in [0.25, 0.3) is 0 Å². The van der Waals surface area contributed by atoms with Crippen LogP contribution in [0.4, 0.5) is 0 Å². The van der Waals surface area contributed by atoms with Crippen molar-refractivity contribution in [3.8, 4) is 0 Å². The summed E-state index contributed by atoms with van der Waals surface area (Å²) in [6, 6.07) is 0. The Hall–Kier alpha value is -0.260. The minimum atomic E-state index is 0.670. The molecule has 0 unspecified atom stereocenters. The summed E-state index contributed by atoms with van der Waals surface area (Å²) in [6.07, 6.45) is 11.6. The van der Waals surface area contributed by atoms with Gasteiger partial charge in [-0.25, -0.2) is 0 Å². The molecule has 4 rings (SSSR count). The summed E-state index contributed by atoms with van der Waals surface area (Å²) in [7, 11) is 0. The smallest absolute Gasteiger partial charge is 0.00830 e. The lowest BCUT2D eigenvalue weighted by Gasteiger charge is -2.57. The lowest BCUT2D eigenvalue weighted by Crippen LogP contribution is -2.46. The molecule has 0 aromatic carbocycles. The normalized spacial score (nSPS) is 51.3. The highest BCUT2D eigenvalue weighted by atomic mass is 14.6. The van der Waals surface area contributed by atoms with E-state index in [0.29, 0.717) is 5.41 Å². The highest BCUT2D eigenvalue weighted by Gasteiger charge is 2.51. The Kier molecular flexibility index (Phi) is 1.84. The van der Waals surface area contributed by atoms with Gasteiger partial charge in [0, 0.05) is 0 Å². The van der Waals surface area contributed by atoms with Crippen LogP contribution < -0.4 is 0 Å². The van der Waals surface area contributed by atoms with Gasteiger partial charge < -0.3 is 0 Å². The third-order valence-electron chi connectivity index (χ3n) is 5.31. The number of allylic oxidation sites excluding steroid dienone is 2. The molecule has 0 aromatic rings. The summed E-state index contributed by atoms with van der Waals surface area (Å²) in [5.41, 5.74) is 2.38. The third kappa shape index (κ3) is 1.12. The Balaban J connectivity index is 1.94. The highest BCUT2D eigenvalue weighted by Crippen LogP contribution is 2.62. The van der Waals surface area contributed by atoms with Crippen LogP contribution in [0.1, 0.15) is 52.4 Å². The first-order valence-electron chi connectivity index (χ1n) is 6.35. The van der Waals surface area contributed by atoms with E-state index < -0.39 is 0 Å². The Morgan fingerprint density at radius 3 is 1.79 bits per heavy atom. The maximum atomic E-state index is 2.38. The van der Waals surface area contributed by atoms with E-state index in [1.807, 2.05) is 0 Å². The lowest BCUT2D eigenvalue weighted by molar-refractivity contribution is -0.0304. The zero-order valence-electron chi connectivity index (χ0n) is 9.55. The van der Waals surface area contributed by atoms with Crippen LogP contribution >= 0.6 is 0 Å². The molecule has 0 saturated heterocycles. The average Bonchev–Trinajstić information content (AvgIpc) is 2.14. The van der Waals surface area contributed by atoms with Crippen molar-refractivity contribution in [3.63, 3.8) is 0 Å². The Morgan fingerprint density at radius 2 is 1.43 bits per heavy atom. The molecule has 0 heteroatoms. The Morgan fingerprint density at radius 1 is 1.00 bits per heavy atom. The first-order chi connectivity index (χ1) is 6.72. The van der Waals surface area contributed by atoms with Crippen LogP contribution in [0.5, 0.6) is 0 Å². The molecule has 4 bridgehead atoms. The Bertz CT molecular complexity index is 236. The van der Waals surface area contributed by atoms with Gasteiger partial charge in [-0.1, -0.05) is 11.6 Å². The minimum absolute atomic E-state index is 0.670. The summed E-state index contributed by atoms with van der Waals surface area (Å²) < 4.78 is 0. The van der Waals surface area contributed by atoms with Gasteiger partial charge in [0.1, 0.15) is 0 Å². The molecule has 0 aliphatic heterocycles. The van der Waals surface area contributed by atoms with Gasteiger partial charge in [0.05, 0.1) is 0 Å². The van der Waals surface area contributed by atoms with Gasteiger partial charge in [0.2, 0.25) is 0 Å². The molecule has 0 spiro atoms. The topological polar surface area (TPSA) is 0 Å². The maximum absolute atomic E-state index is 2.38. The van der Waals surface area contributed by atoms with Crippen LogP contribution in [0.2, 0.25) is 0 Å². The first-order valence-corrected chi connectivity index (χ1v) is 6.35. The van der Waals surface area contributed by atoms with E-state index in [4.69, 9.17) is 0 Å². The third-order valence-corrected chi connectivity index (χ3v) is 5.31. The van der Waals surface area contributed by atoms with E-state index in [0.717, 1.165) is 17.8 Å². The second-order valence-electron chi connectivity index (χ2n) is 6.17. The predicted molar refractivity (Wildman–Crippen MR) is 60.0 cm³/mol. The van der Waals surface area contributed by atoms with Gasteiger partial charge >= 0.3 is 0 Å². The quantitative estimate of drug-likeness (QED) is 0.544. The van der Waals surface area contributed by atoms with Crippen molar-refractivity contribution in [2.75, 3.05) is 0 Å². The monoisotopic (exact) mass is 190 g/mol. The molecule has 0 nitrogen and oxygen atoms in total. The summed E-state index contributed by atoms with van der Waals surface area (Å²) >= 11 is 0. The summed E-state index contributed by atoms with van der Waals surface area (Å²) in [5.74, 6) is 3.28. The molecular formula is C14H22. The molecule has 4 aliphatic rings. The van der Waals surface area contributed by atoms with Crippen molar-refractivity contribution in [2.24, 2.45) is 23.2 Å². The van der Waals surface area contributed by atoms with Crippen molar-refractivity contribution in [2.45, 2.75) is 52.4 Å². The van der Waals surface area contributed by atoms with Crippen molar-refractivity contribution < 1.29 is 0 Å². The molecule has 0 N–H and O–H groups in total. The molecule has 0 aromatic heterocycles. The number of hydrogen-bond donors (Lipinski definition) is 0. The van der Waals surface area contributed by atoms with Crippen molar-refractivity contribution in [3.05, 3.63) is 11.6 Å². The molecule has 4 fully saturated rings. The summed E-state index contributed by atoms with van der Waals surface area (Å²) in [5, 5.41) is 0. The molecule has 14 heavy (non-hydrogen) atoms. The van der Waals surface area contributed by atoms with Gasteiger partial charge in [-0.05, 0) is 75.5 Å². The summed E-state index contributed by atoms with van der Waals surface area (Å²) in [4.78, 5) is 0. The summed E-state index contributed by atoms with van der Waals surface area (Å²) in [6.45, 7) is 4.61. The fourth-order valence-corrected chi connectivity index (χ4v) is 4.90. The van der Waals surface area contributed by atoms with E-state index >= 15 is 0 Å². The van der Waals surface area contributed by atoms with Crippen LogP contribution in [0.3, 0.4) is 0 Å². The fourth-order valence-electron chi connectivity index (χ4n) is 4.90. The maximum Gasteiger partial charge on any atom is -0.00830 e. The second-order valence-corrected chi connectivity index (χ2v) is 6.17. The standard InChI is InChI=1S/C14H22/c1-3-10(2)14-7-11-4-12(8-14)6-13(5-11)9-14/h3,11-13H,4-9H2,1-2H3/b10-3+. The molecule has 4 aliphatic carbocycles. The first kappa shape index (κ1) is 9.00.